The number of imide groups is 1. The highest BCUT2D eigenvalue weighted by Crippen LogP contribution is 2.34. The number of halogens is 2. The van der Waals surface area contributed by atoms with Crippen molar-refractivity contribution < 1.29 is 19.1 Å². The lowest BCUT2D eigenvalue weighted by atomic mass is 10.2. The summed E-state index contributed by atoms with van der Waals surface area (Å²) in [6.45, 7) is 1.55. The fraction of sp³-hybridized carbons (Fsp3) is 0.320. The van der Waals surface area contributed by atoms with E-state index in [1.54, 1.807) is 17.0 Å². The molecular weight excluding hydrogens is 540 g/mol. The number of amides is 3. The number of nitrogens with zero attached hydrogens (tertiary/aromatic N) is 2. The molecule has 9 heteroatoms. The first-order valence-electron chi connectivity index (χ1n) is 11.1. The van der Waals surface area contributed by atoms with E-state index in [4.69, 9.17) is 16.3 Å². The highest BCUT2D eigenvalue weighted by molar-refractivity contribution is 9.10. The molecule has 3 amide bonds. The molecule has 0 saturated carbocycles. The molecule has 0 radical (unpaired) electrons. The number of likely N-dealkylation sites (tertiary alicyclic amines) is 1. The minimum Gasteiger partial charge on any atom is -0.488 e. The van der Waals surface area contributed by atoms with E-state index in [2.05, 4.69) is 15.9 Å². The standard InChI is InChI=1S/C25H24BrClN2O4S/c26-20-13-18(7-10-21(20)33-16-17-5-8-19(27)9-6-17)14-22-24(31)29(25(32)34-22)15-23(30)28-11-3-1-2-4-12-28/h5-10,13-14H,1-4,11-12,15-16H2. The SMILES string of the molecule is O=C(CN1C(=O)SC(=Cc2ccc(OCc3ccc(Cl)cc3)c(Br)c2)C1=O)N1CCCCCC1. The van der Waals surface area contributed by atoms with E-state index in [1.165, 1.54) is 0 Å². The molecule has 34 heavy (non-hydrogen) atoms. The molecule has 178 valence electrons. The van der Waals surface area contributed by atoms with Gasteiger partial charge in [0, 0.05) is 18.1 Å². The number of hydrogen-bond donors (Lipinski definition) is 0. The summed E-state index contributed by atoms with van der Waals surface area (Å²) in [4.78, 5) is 41.1. The molecule has 0 bridgehead atoms. The van der Waals surface area contributed by atoms with Crippen LogP contribution in [0.4, 0.5) is 4.79 Å². The normalized spacial score (nSPS) is 17.9. The largest absolute Gasteiger partial charge is 0.488 e. The predicted octanol–water partition coefficient (Wildman–Crippen LogP) is 6.12. The number of ether oxygens (including phenoxy) is 1. The van der Waals surface area contributed by atoms with Crippen molar-refractivity contribution in [2.24, 2.45) is 0 Å². The fourth-order valence-corrected chi connectivity index (χ4v) is 5.28. The molecule has 2 heterocycles. The summed E-state index contributed by atoms with van der Waals surface area (Å²) in [6.07, 6.45) is 5.79. The van der Waals surface area contributed by atoms with E-state index in [0.717, 1.165) is 57.9 Å². The van der Waals surface area contributed by atoms with Crippen molar-refractivity contribution in [1.29, 1.82) is 0 Å². The zero-order valence-electron chi connectivity index (χ0n) is 18.5. The fourth-order valence-electron chi connectivity index (χ4n) is 3.81. The Labute approximate surface area is 216 Å². The van der Waals surface area contributed by atoms with Crippen LogP contribution < -0.4 is 4.74 Å². The summed E-state index contributed by atoms with van der Waals surface area (Å²) in [5, 5.41) is 0.256. The van der Waals surface area contributed by atoms with Crippen molar-refractivity contribution in [3.8, 4) is 5.75 Å². The molecule has 0 aliphatic carbocycles. The molecule has 6 nitrogen and oxygen atoms in total. The summed E-state index contributed by atoms with van der Waals surface area (Å²) in [6, 6.07) is 12.9. The molecule has 0 unspecified atom stereocenters. The van der Waals surface area contributed by atoms with Gasteiger partial charge >= 0.3 is 0 Å². The summed E-state index contributed by atoms with van der Waals surface area (Å²) in [5.41, 5.74) is 1.74. The molecule has 2 aromatic rings. The monoisotopic (exact) mass is 562 g/mol. The summed E-state index contributed by atoms with van der Waals surface area (Å²) < 4.78 is 6.59. The minimum atomic E-state index is -0.433. The van der Waals surface area contributed by atoms with Crippen LogP contribution in [0.1, 0.15) is 36.8 Å². The maximum atomic E-state index is 12.8. The van der Waals surface area contributed by atoms with Crippen LogP contribution in [0.5, 0.6) is 5.75 Å². The first-order valence-corrected chi connectivity index (χ1v) is 13.1. The number of thioether (sulfide) groups is 1. The quantitative estimate of drug-likeness (QED) is 0.396. The molecule has 2 saturated heterocycles. The predicted molar refractivity (Wildman–Crippen MR) is 138 cm³/mol. The van der Waals surface area contributed by atoms with Crippen LogP contribution in [0.3, 0.4) is 0 Å². The van der Waals surface area contributed by atoms with Gasteiger partial charge in [-0.1, -0.05) is 42.6 Å². The number of carbonyl (C=O) groups excluding carboxylic acids is 3. The van der Waals surface area contributed by atoms with E-state index in [0.29, 0.717) is 35.4 Å². The molecule has 2 aliphatic rings. The molecule has 2 aliphatic heterocycles. The third-order valence-corrected chi connectivity index (χ3v) is 7.47. The third-order valence-electron chi connectivity index (χ3n) is 5.69. The van der Waals surface area contributed by atoms with E-state index in [9.17, 15) is 14.4 Å². The van der Waals surface area contributed by atoms with Crippen LogP contribution in [-0.4, -0.2) is 46.5 Å². The van der Waals surface area contributed by atoms with Gasteiger partial charge in [-0.3, -0.25) is 19.3 Å². The van der Waals surface area contributed by atoms with Crippen LogP contribution in [0.15, 0.2) is 51.8 Å². The Kier molecular flexibility index (Phi) is 8.34. The zero-order valence-corrected chi connectivity index (χ0v) is 21.6. The van der Waals surface area contributed by atoms with Crippen molar-refractivity contribution in [2.45, 2.75) is 32.3 Å². The van der Waals surface area contributed by atoms with E-state index in [-0.39, 0.29) is 12.5 Å². The molecular formula is C25H24BrClN2O4S. The average molecular weight is 564 g/mol. The number of benzene rings is 2. The lowest BCUT2D eigenvalue weighted by molar-refractivity contribution is -0.135. The second kappa shape index (κ2) is 11.4. The maximum absolute atomic E-state index is 12.8. The van der Waals surface area contributed by atoms with Crippen molar-refractivity contribution in [3.05, 3.63) is 68.0 Å². The third kappa shape index (κ3) is 6.23. The average Bonchev–Trinajstić information content (AvgIpc) is 3.01. The van der Waals surface area contributed by atoms with Gasteiger partial charge in [0.15, 0.2) is 0 Å². The topological polar surface area (TPSA) is 66.9 Å². The van der Waals surface area contributed by atoms with Gasteiger partial charge in [-0.05, 0) is 82.0 Å². The van der Waals surface area contributed by atoms with Crippen molar-refractivity contribution in [1.82, 2.24) is 9.80 Å². The van der Waals surface area contributed by atoms with Crippen molar-refractivity contribution in [2.75, 3.05) is 19.6 Å². The van der Waals surface area contributed by atoms with Gasteiger partial charge in [0.2, 0.25) is 5.91 Å². The van der Waals surface area contributed by atoms with Gasteiger partial charge in [0.1, 0.15) is 18.9 Å². The highest BCUT2D eigenvalue weighted by Gasteiger charge is 2.37. The first-order chi connectivity index (χ1) is 16.4. The second-order valence-corrected chi connectivity index (χ2v) is 10.5. The van der Waals surface area contributed by atoms with Gasteiger partial charge in [0.05, 0.1) is 9.38 Å². The molecule has 0 atom stereocenters. The lowest BCUT2D eigenvalue weighted by Gasteiger charge is -2.22. The maximum Gasteiger partial charge on any atom is 0.294 e. The molecule has 0 spiro atoms. The van der Waals surface area contributed by atoms with Gasteiger partial charge in [-0.15, -0.1) is 0 Å². The minimum absolute atomic E-state index is 0.171. The number of hydrogen-bond acceptors (Lipinski definition) is 5. The summed E-state index contributed by atoms with van der Waals surface area (Å²) >= 11 is 10.3. The molecule has 4 rings (SSSR count). The van der Waals surface area contributed by atoms with E-state index < -0.39 is 11.1 Å². The molecule has 0 N–H and O–H groups in total. The highest BCUT2D eigenvalue weighted by atomic mass is 79.9. The van der Waals surface area contributed by atoms with Crippen LogP contribution >= 0.6 is 39.3 Å². The van der Waals surface area contributed by atoms with Gasteiger partial charge in [-0.2, -0.15) is 0 Å². The van der Waals surface area contributed by atoms with E-state index in [1.807, 2.05) is 36.4 Å². The Morgan fingerprint density at radius 1 is 1.06 bits per heavy atom. The molecule has 2 aromatic carbocycles. The summed E-state index contributed by atoms with van der Waals surface area (Å²) in [7, 11) is 0. The first kappa shape index (κ1) is 24.8. The molecule has 2 fully saturated rings. The Bertz CT molecular complexity index is 1110. The Morgan fingerprint density at radius 2 is 1.76 bits per heavy atom. The van der Waals surface area contributed by atoms with Gasteiger partial charge < -0.3 is 9.64 Å². The smallest absolute Gasteiger partial charge is 0.294 e. The number of rotatable bonds is 6. The van der Waals surface area contributed by atoms with Gasteiger partial charge in [0.25, 0.3) is 11.1 Å². The van der Waals surface area contributed by atoms with Crippen molar-refractivity contribution in [3.63, 3.8) is 0 Å². The van der Waals surface area contributed by atoms with Gasteiger partial charge in [-0.25, -0.2) is 0 Å². The Balaban J connectivity index is 1.39. The lowest BCUT2D eigenvalue weighted by Crippen LogP contribution is -2.42. The number of carbonyl (C=O) groups is 3. The zero-order chi connectivity index (χ0) is 24.1. The van der Waals surface area contributed by atoms with Crippen LogP contribution in [0.25, 0.3) is 6.08 Å². The van der Waals surface area contributed by atoms with E-state index >= 15 is 0 Å². The van der Waals surface area contributed by atoms with Crippen molar-refractivity contribution >= 4 is 62.4 Å². The summed E-state index contributed by atoms with van der Waals surface area (Å²) in [5.74, 6) is 0.0518. The van der Waals surface area contributed by atoms with Crippen LogP contribution in [0.2, 0.25) is 5.02 Å². The van der Waals surface area contributed by atoms with Crippen LogP contribution in [0, 0.1) is 0 Å². The van der Waals surface area contributed by atoms with Crippen LogP contribution in [-0.2, 0) is 16.2 Å². The molecule has 0 aromatic heterocycles. The Morgan fingerprint density at radius 3 is 2.44 bits per heavy atom. The second-order valence-electron chi connectivity index (χ2n) is 8.17. The Hall–Kier alpha value is -2.29.